The third-order valence-corrected chi connectivity index (χ3v) is 12.2. The molecule has 14 N–H and O–H groups in total. The van der Waals surface area contributed by atoms with Gasteiger partial charge in [0.2, 0.25) is 47.3 Å². The van der Waals surface area contributed by atoms with E-state index < -0.39 is 126 Å². The lowest BCUT2D eigenvalue weighted by molar-refractivity contribution is -0.141. The van der Waals surface area contributed by atoms with Crippen LogP contribution in [0.5, 0.6) is 0 Å². The van der Waals surface area contributed by atoms with Crippen LogP contribution in [0.25, 0.3) is 10.9 Å². The minimum Gasteiger partial charge on any atom is -0.480 e. The molecule has 11 atom stereocenters. The lowest BCUT2D eigenvalue weighted by atomic mass is 9.96. The molecule has 8 amide bonds. The third kappa shape index (κ3) is 19.2. The largest absolute Gasteiger partial charge is 0.480 e. The zero-order valence-corrected chi connectivity index (χ0v) is 42.7. The van der Waals surface area contributed by atoms with Gasteiger partial charge < -0.3 is 68.6 Å². The fourth-order valence-electron chi connectivity index (χ4n) is 7.19. The number of aromatic amines is 1. The van der Waals surface area contributed by atoms with Gasteiger partial charge in [0.1, 0.15) is 54.4 Å². The Kier molecular flexibility index (Phi) is 25.4. The molecule has 0 saturated heterocycles. The van der Waals surface area contributed by atoms with Crippen LogP contribution in [0.2, 0.25) is 0 Å². The Hall–Kier alpha value is -5.78. The molecule has 0 aliphatic heterocycles. The number of rotatable bonds is 30. The van der Waals surface area contributed by atoms with Crippen molar-refractivity contribution in [2.24, 2.45) is 23.5 Å². The normalized spacial score (nSPS) is 16.2. The molecule has 2 rings (SSSR count). The van der Waals surface area contributed by atoms with Crippen molar-refractivity contribution >= 4 is 75.9 Å². The molecule has 1 aromatic heterocycles. The lowest BCUT2D eigenvalue weighted by Gasteiger charge is -2.30. The molecule has 1 aromatic carbocycles. The summed E-state index contributed by atoms with van der Waals surface area (Å²) in [5.74, 6) is -7.99. The summed E-state index contributed by atoms with van der Waals surface area (Å²) in [5.41, 5.74) is 7.08. The van der Waals surface area contributed by atoms with E-state index in [1.807, 2.05) is 52.1 Å². The third-order valence-electron chi connectivity index (χ3n) is 11.5. The molecule has 1 heterocycles. The van der Waals surface area contributed by atoms with Crippen LogP contribution < -0.4 is 48.3 Å². The van der Waals surface area contributed by atoms with Crippen molar-refractivity contribution in [2.75, 3.05) is 18.6 Å². The number of carboxylic acids is 1. The number of fused-ring (bicyclic) bond motifs is 1. The summed E-state index contributed by atoms with van der Waals surface area (Å²) < 4.78 is 0. The topological polar surface area (TPSA) is 352 Å². The van der Waals surface area contributed by atoms with Gasteiger partial charge in [0.05, 0.1) is 12.7 Å². The maximum atomic E-state index is 14.6. The predicted molar refractivity (Wildman–Crippen MR) is 265 cm³/mol. The number of hydrogen-bond donors (Lipinski definition) is 13. The number of aliphatic hydroxyl groups is 2. The van der Waals surface area contributed by atoms with E-state index in [2.05, 4.69) is 47.5 Å². The van der Waals surface area contributed by atoms with E-state index in [0.29, 0.717) is 17.7 Å². The second-order valence-corrected chi connectivity index (χ2v) is 19.5. The van der Waals surface area contributed by atoms with Gasteiger partial charge in [-0.15, -0.1) is 0 Å². The minimum absolute atomic E-state index is 0.0661. The molecule has 23 heteroatoms. The number of carbonyl (C=O) groups is 9. The molecule has 0 bridgehead atoms. The number of aliphatic carboxylic acids is 1. The van der Waals surface area contributed by atoms with Crippen molar-refractivity contribution in [3.8, 4) is 0 Å². The summed E-state index contributed by atoms with van der Waals surface area (Å²) in [5, 5.41) is 50.6. The van der Waals surface area contributed by atoms with E-state index in [1.165, 1.54) is 32.5 Å². The van der Waals surface area contributed by atoms with Crippen LogP contribution in [0.3, 0.4) is 0 Å². The number of hydrogen-bond acceptors (Lipinski definition) is 13. The number of amides is 8. The first kappa shape index (κ1) is 60.3. The number of thioether (sulfide) groups is 1. The predicted octanol–water partition coefficient (Wildman–Crippen LogP) is -0.695. The average Bonchev–Trinajstić information content (AvgIpc) is 3.71. The highest BCUT2D eigenvalue weighted by atomic mass is 32.2. The maximum absolute atomic E-state index is 14.6. The number of aliphatic hydroxyl groups excluding tert-OH is 2. The van der Waals surface area contributed by atoms with Crippen molar-refractivity contribution < 1.29 is 58.5 Å². The summed E-state index contributed by atoms with van der Waals surface area (Å²) in [6.07, 6.45) is 2.69. The van der Waals surface area contributed by atoms with Gasteiger partial charge in [-0.25, -0.2) is 0 Å². The second-order valence-electron chi connectivity index (χ2n) is 18.5. The Balaban J connectivity index is 2.50. The molecule has 0 saturated carbocycles. The zero-order valence-electron chi connectivity index (χ0n) is 41.8. The van der Waals surface area contributed by atoms with Gasteiger partial charge >= 0.3 is 5.97 Å². The summed E-state index contributed by atoms with van der Waals surface area (Å²) in [7, 11) is 0. The van der Waals surface area contributed by atoms with Crippen molar-refractivity contribution in [1.82, 2.24) is 47.5 Å². The second kappa shape index (κ2) is 29.4. The van der Waals surface area contributed by atoms with Gasteiger partial charge in [-0.05, 0) is 81.4 Å². The molecule has 70 heavy (non-hydrogen) atoms. The fraction of sp³-hybridized carbons (Fsp3) is 0.638. The standard InChI is InChI=1S/C47H76N10O12S/c1-11-25(6)37(45(66)57-38(28(9)59)46(67)50-26(7)39(60)51-27(8)47(68)69)56-44(65)36(20-29-21-49-32-15-13-12-14-30(29)32)55-41(62)33(16-17-70-10)52-42(63)35(19-24(4)5)54-43(64)34(18-23(2)3)53-40(61)31(48)22-58/h12-15,21,23-28,31,33-38,49,58-59H,11,16-20,22,48H2,1-10H3,(H,50,67)(H,51,60)(H,52,63)(H,53,61)(H,54,64)(H,55,62)(H,56,65)(H,57,66)(H,68,69)/t25-,26-,27-,28+,31-,33-,34-,35-,36-,37-,38-/m0/s1. The van der Waals surface area contributed by atoms with Gasteiger partial charge in [0, 0.05) is 23.5 Å². The summed E-state index contributed by atoms with van der Waals surface area (Å²) >= 11 is 1.40. The van der Waals surface area contributed by atoms with Crippen molar-refractivity contribution in [3.05, 3.63) is 36.0 Å². The number of H-pyrrole nitrogens is 1. The van der Waals surface area contributed by atoms with Gasteiger partial charge in [0.15, 0.2) is 0 Å². The molecule has 0 spiro atoms. The highest BCUT2D eigenvalue weighted by Gasteiger charge is 2.37. The quantitative estimate of drug-likeness (QED) is 0.0461. The van der Waals surface area contributed by atoms with E-state index in [4.69, 9.17) is 10.8 Å². The van der Waals surface area contributed by atoms with Gasteiger partial charge in [-0.1, -0.05) is 66.2 Å². The van der Waals surface area contributed by atoms with E-state index >= 15 is 0 Å². The summed E-state index contributed by atoms with van der Waals surface area (Å²) in [4.78, 5) is 124. The van der Waals surface area contributed by atoms with Crippen molar-refractivity contribution in [1.29, 1.82) is 0 Å². The van der Waals surface area contributed by atoms with Crippen LogP contribution in [0, 0.1) is 17.8 Å². The van der Waals surface area contributed by atoms with E-state index in [9.17, 15) is 53.4 Å². The first-order valence-corrected chi connectivity index (χ1v) is 25.0. The zero-order chi connectivity index (χ0) is 53.0. The Morgan fingerprint density at radius 3 is 1.64 bits per heavy atom. The summed E-state index contributed by atoms with van der Waals surface area (Å²) in [6, 6.07) is -4.33. The van der Waals surface area contributed by atoms with E-state index in [-0.39, 0.29) is 37.5 Å². The van der Waals surface area contributed by atoms with Gasteiger partial charge in [-0.2, -0.15) is 11.8 Å². The van der Waals surface area contributed by atoms with Crippen LogP contribution >= 0.6 is 11.8 Å². The molecule has 22 nitrogen and oxygen atoms in total. The molecule has 0 radical (unpaired) electrons. The maximum Gasteiger partial charge on any atom is 0.325 e. The Labute approximate surface area is 413 Å². The highest BCUT2D eigenvalue weighted by molar-refractivity contribution is 7.98. The molecule has 0 unspecified atom stereocenters. The molecule has 0 aliphatic carbocycles. The van der Waals surface area contributed by atoms with Crippen LogP contribution in [0.4, 0.5) is 0 Å². The van der Waals surface area contributed by atoms with Crippen molar-refractivity contribution in [3.63, 3.8) is 0 Å². The lowest BCUT2D eigenvalue weighted by Crippen LogP contribution is -2.62. The minimum atomic E-state index is -1.63. The fourth-order valence-corrected chi connectivity index (χ4v) is 7.66. The van der Waals surface area contributed by atoms with Crippen LogP contribution in [0.15, 0.2) is 30.5 Å². The Morgan fingerprint density at radius 1 is 0.629 bits per heavy atom. The molecule has 0 aliphatic rings. The summed E-state index contributed by atoms with van der Waals surface area (Å²) in [6.45, 7) is 13.9. The molecular weight excluding hydrogens is 929 g/mol. The first-order valence-electron chi connectivity index (χ1n) is 23.6. The number of aromatic nitrogens is 1. The number of nitrogens with two attached hydrogens (primary N) is 1. The van der Waals surface area contributed by atoms with E-state index in [0.717, 1.165) is 10.9 Å². The number of nitrogens with one attached hydrogen (secondary N) is 9. The van der Waals surface area contributed by atoms with Crippen LogP contribution in [-0.2, 0) is 49.6 Å². The number of para-hydroxylation sites is 1. The van der Waals surface area contributed by atoms with Gasteiger partial charge in [-0.3, -0.25) is 43.2 Å². The Bertz CT molecular complexity index is 2100. The van der Waals surface area contributed by atoms with Crippen molar-refractivity contribution in [2.45, 2.75) is 155 Å². The number of benzene rings is 1. The Morgan fingerprint density at radius 2 is 1.11 bits per heavy atom. The molecule has 2 aromatic rings. The van der Waals surface area contributed by atoms with Crippen LogP contribution in [-0.4, -0.2) is 153 Å². The molecule has 392 valence electrons. The monoisotopic (exact) mass is 1000 g/mol. The smallest absolute Gasteiger partial charge is 0.325 e. The van der Waals surface area contributed by atoms with Crippen LogP contribution in [0.1, 0.15) is 93.6 Å². The molecular formula is C47H76N10O12S. The SMILES string of the molecule is CC[C@H](C)[C@H](NC(=O)[C@H](Cc1c[nH]c2ccccc12)NC(=O)[C@H](CCSC)NC(=O)[C@H](CC(C)C)NC(=O)[C@H](CC(C)C)NC(=O)[C@@H](N)CO)C(=O)N[C@H](C(=O)N[C@@H](C)C(=O)N[C@@H](C)C(=O)O)[C@@H](C)O. The molecule has 0 fully saturated rings. The first-order chi connectivity index (χ1) is 32.8. The van der Waals surface area contributed by atoms with E-state index in [1.54, 1.807) is 26.1 Å². The van der Waals surface area contributed by atoms with Gasteiger partial charge in [0.25, 0.3) is 0 Å². The number of carboxylic acid groups (broad SMARTS) is 1. The number of carbonyl (C=O) groups excluding carboxylic acids is 8. The highest BCUT2D eigenvalue weighted by Crippen LogP contribution is 2.20. The average molecular weight is 1010 g/mol.